The summed E-state index contributed by atoms with van der Waals surface area (Å²) in [6, 6.07) is 19.6. The number of benzene rings is 2. The van der Waals surface area contributed by atoms with Crippen molar-refractivity contribution in [1.29, 1.82) is 0 Å². The summed E-state index contributed by atoms with van der Waals surface area (Å²) in [6.45, 7) is 5.59. The summed E-state index contributed by atoms with van der Waals surface area (Å²) in [7, 11) is 0. The highest BCUT2D eigenvalue weighted by atomic mass is 16.3. The average Bonchev–Trinajstić information content (AvgIpc) is 3.30. The second-order valence-corrected chi connectivity index (χ2v) is 7.77. The molecule has 32 heavy (non-hydrogen) atoms. The molecule has 0 aliphatic heterocycles. The van der Waals surface area contributed by atoms with Crippen molar-refractivity contribution >= 4 is 17.8 Å². The number of amides is 1. The normalized spacial score (nSPS) is 11.2. The largest absolute Gasteiger partial charge is 0.455 e. The highest BCUT2D eigenvalue weighted by molar-refractivity contribution is 5.94. The topological polar surface area (TPSA) is 66.0 Å². The van der Waals surface area contributed by atoms with E-state index in [2.05, 4.69) is 36.2 Å². The van der Waals surface area contributed by atoms with Gasteiger partial charge in [0.05, 0.1) is 11.9 Å². The molecule has 3 aromatic rings. The molecule has 1 N–H and O–H groups in total. The van der Waals surface area contributed by atoms with Gasteiger partial charge < -0.3 is 14.4 Å². The molecule has 5 heteroatoms. The smallest absolute Gasteiger partial charge is 0.253 e. The molecule has 0 aliphatic carbocycles. The lowest BCUT2D eigenvalue weighted by molar-refractivity contribution is 0.0759. The van der Waals surface area contributed by atoms with Crippen molar-refractivity contribution in [2.75, 3.05) is 19.7 Å². The van der Waals surface area contributed by atoms with Gasteiger partial charge in [0, 0.05) is 30.8 Å². The van der Waals surface area contributed by atoms with Crippen molar-refractivity contribution in [3.63, 3.8) is 0 Å². The number of hydrogen-bond donors (Lipinski definition) is 1. The van der Waals surface area contributed by atoms with E-state index in [9.17, 15) is 4.79 Å². The summed E-state index contributed by atoms with van der Waals surface area (Å²) in [5.41, 5.74) is 3.78. The molecule has 0 bridgehead atoms. The van der Waals surface area contributed by atoms with Gasteiger partial charge >= 0.3 is 0 Å². The highest BCUT2D eigenvalue weighted by Crippen LogP contribution is 2.23. The Bertz CT molecular complexity index is 1000. The number of nitrogens with zero attached hydrogens (tertiary/aromatic N) is 2. The van der Waals surface area contributed by atoms with E-state index in [1.165, 1.54) is 5.56 Å². The minimum absolute atomic E-state index is 0.00148. The molecule has 3 rings (SSSR count). The molecule has 168 valence electrons. The third-order valence-electron chi connectivity index (χ3n) is 5.36. The number of aryl methyl sites for hydroxylation is 1. The lowest BCUT2D eigenvalue weighted by atomic mass is 10.1. The quantitative estimate of drug-likeness (QED) is 0.304. The van der Waals surface area contributed by atoms with Crippen LogP contribution >= 0.6 is 0 Å². The fourth-order valence-electron chi connectivity index (χ4n) is 3.53. The number of unbranched alkanes of at least 4 members (excludes halogenated alkanes) is 1. The zero-order chi connectivity index (χ0) is 22.8. The molecule has 0 saturated heterocycles. The summed E-state index contributed by atoms with van der Waals surface area (Å²) in [5.74, 6) is 1.50. The first-order valence-corrected chi connectivity index (χ1v) is 11.4. The molecule has 0 saturated carbocycles. The molecule has 1 aromatic heterocycles. The maximum Gasteiger partial charge on any atom is 0.253 e. The van der Waals surface area contributed by atoms with Gasteiger partial charge in [0.15, 0.2) is 0 Å². The number of hydrogen-bond acceptors (Lipinski definition) is 4. The summed E-state index contributed by atoms with van der Waals surface area (Å²) >= 11 is 0. The van der Waals surface area contributed by atoms with E-state index in [4.69, 9.17) is 9.52 Å². The van der Waals surface area contributed by atoms with Crippen LogP contribution in [0, 0.1) is 0 Å². The predicted octanol–water partition coefficient (Wildman–Crippen LogP) is 5.88. The van der Waals surface area contributed by atoms with Crippen molar-refractivity contribution in [2.45, 2.75) is 39.5 Å². The van der Waals surface area contributed by atoms with E-state index in [-0.39, 0.29) is 12.5 Å². The van der Waals surface area contributed by atoms with Crippen LogP contribution in [0.5, 0.6) is 0 Å². The molecule has 1 amide bonds. The molecule has 2 aromatic carbocycles. The number of carbonyl (C=O) groups excluding carboxylic acids is 1. The van der Waals surface area contributed by atoms with E-state index < -0.39 is 0 Å². The molecule has 0 radical (unpaired) electrons. The molecule has 5 nitrogen and oxygen atoms in total. The molecule has 0 fully saturated rings. The van der Waals surface area contributed by atoms with Gasteiger partial charge in [-0.25, -0.2) is 0 Å². The van der Waals surface area contributed by atoms with Crippen LogP contribution in [0.25, 0.3) is 11.3 Å². The van der Waals surface area contributed by atoms with Crippen LogP contribution in [-0.4, -0.2) is 41.8 Å². The van der Waals surface area contributed by atoms with Crippen LogP contribution in [0.3, 0.4) is 0 Å². The Morgan fingerprint density at radius 1 is 1.00 bits per heavy atom. The minimum Gasteiger partial charge on any atom is -0.455 e. The molecular formula is C27H32N2O3. The summed E-state index contributed by atoms with van der Waals surface area (Å²) in [4.78, 5) is 18.9. The van der Waals surface area contributed by atoms with Crippen LogP contribution in [0.2, 0.25) is 0 Å². The second-order valence-electron chi connectivity index (χ2n) is 7.77. The van der Waals surface area contributed by atoms with Gasteiger partial charge in [-0.2, -0.15) is 0 Å². The van der Waals surface area contributed by atoms with Gasteiger partial charge in [-0.1, -0.05) is 37.6 Å². The lowest BCUT2D eigenvalue weighted by Crippen LogP contribution is -2.31. The molecular weight excluding hydrogens is 400 g/mol. The minimum atomic E-state index is 0.00148. The third kappa shape index (κ3) is 6.41. The number of carbonyl (C=O) groups is 1. The van der Waals surface area contributed by atoms with Crippen molar-refractivity contribution in [3.8, 4) is 11.3 Å². The van der Waals surface area contributed by atoms with E-state index in [0.29, 0.717) is 30.8 Å². The van der Waals surface area contributed by atoms with Gasteiger partial charge in [0.2, 0.25) is 0 Å². The average molecular weight is 433 g/mol. The number of rotatable bonds is 11. The zero-order valence-corrected chi connectivity index (χ0v) is 19.0. The number of aliphatic imine (C=N–C) groups is 1. The van der Waals surface area contributed by atoms with Crippen LogP contribution in [0.15, 0.2) is 70.1 Å². The Labute approximate surface area is 190 Å². The Morgan fingerprint density at radius 2 is 1.75 bits per heavy atom. The SMILES string of the molecule is CCCc1ccc(-c2ccc(C=Nc3ccc(C(=O)N(CC)CCCCO)cc3)o2)cc1. The first kappa shape index (κ1) is 23.5. The van der Waals surface area contributed by atoms with Crippen molar-refractivity contribution < 1.29 is 14.3 Å². The fourth-order valence-corrected chi connectivity index (χ4v) is 3.53. The monoisotopic (exact) mass is 432 g/mol. The van der Waals surface area contributed by atoms with Gasteiger partial charge in [-0.15, -0.1) is 0 Å². The highest BCUT2D eigenvalue weighted by Gasteiger charge is 2.13. The fraction of sp³-hybridized carbons (Fsp3) is 0.333. The van der Waals surface area contributed by atoms with Gasteiger partial charge in [-0.3, -0.25) is 9.79 Å². The van der Waals surface area contributed by atoms with Crippen LogP contribution in [0.1, 0.15) is 54.8 Å². The van der Waals surface area contributed by atoms with E-state index >= 15 is 0 Å². The number of aliphatic hydroxyl groups excluding tert-OH is 1. The maximum absolute atomic E-state index is 12.7. The van der Waals surface area contributed by atoms with Crippen LogP contribution in [0.4, 0.5) is 5.69 Å². The van der Waals surface area contributed by atoms with Crippen LogP contribution in [-0.2, 0) is 6.42 Å². The summed E-state index contributed by atoms with van der Waals surface area (Å²) < 4.78 is 5.92. The summed E-state index contributed by atoms with van der Waals surface area (Å²) in [5, 5.41) is 8.93. The van der Waals surface area contributed by atoms with E-state index in [1.807, 2.05) is 31.2 Å². The second kappa shape index (κ2) is 12.0. The molecule has 1 heterocycles. The van der Waals surface area contributed by atoms with Crippen LogP contribution < -0.4 is 0 Å². The first-order valence-electron chi connectivity index (χ1n) is 11.4. The Kier molecular flexibility index (Phi) is 8.81. The number of aliphatic hydroxyl groups is 1. The first-order chi connectivity index (χ1) is 15.6. The zero-order valence-electron chi connectivity index (χ0n) is 19.0. The standard InChI is InChI=1S/C27H32N2O3/c1-3-7-21-8-10-22(11-9-21)26-17-16-25(32-26)20-28-24-14-12-23(13-15-24)27(31)29(4-2)18-5-6-19-30/h8-17,20,30H,3-7,18-19H2,1-2H3. The Balaban J connectivity index is 1.61. The lowest BCUT2D eigenvalue weighted by Gasteiger charge is -2.20. The number of furan rings is 1. The Hall–Kier alpha value is -3.18. The van der Waals surface area contributed by atoms with Gasteiger partial charge in [0.1, 0.15) is 11.5 Å². The van der Waals surface area contributed by atoms with Gasteiger partial charge in [-0.05, 0) is 68.1 Å². The predicted molar refractivity (Wildman–Crippen MR) is 130 cm³/mol. The third-order valence-corrected chi connectivity index (χ3v) is 5.36. The van der Waals surface area contributed by atoms with Crippen molar-refractivity contribution in [1.82, 2.24) is 4.90 Å². The molecule has 0 unspecified atom stereocenters. The van der Waals surface area contributed by atoms with Crippen molar-refractivity contribution in [3.05, 3.63) is 77.6 Å². The maximum atomic E-state index is 12.7. The molecule has 0 atom stereocenters. The van der Waals surface area contributed by atoms with E-state index in [0.717, 1.165) is 36.3 Å². The molecule has 0 aliphatic rings. The van der Waals surface area contributed by atoms with Gasteiger partial charge in [0.25, 0.3) is 5.91 Å². The Morgan fingerprint density at radius 3 is 2.41 bits per heavy atom. The van der Waals surface area contributed by atoms with E-state index in [1.54, 1.807) is 23.2 Å². The van der Waals surface area contributed by atoms with Crippen molar-refractivity contribution in [2.24, 2.45) is 4.99 Å². The summed E-state index contributed by atoms with van der Waals surface area (Å²) in [6.07, 6.45) is 5.42. The molecule has 0 spiro atoms.